The highest BCUT2D eigenvalue weighted by Gasteiger charge is 2.25. The summed E-state index contributed by atoms with van der Waals surface area (Å²) in [4.78, 5) is 27.9. The molecule has 0 aliphatic carbocycles. The second-order valence-electron chi connectivity index (χ2n) is 8.82. The van der Waals surface area contributed by atoms with Gasteiger partial charge in [0, 0.05) is 44.5 Å². The third-order valence-electron chi connectivity index (χ3n) is 6.61. The maximum Gasteiger partial charge on any atom is 0.292 e. The van der Waals surface area contributed by atoms with Crippen LogP contribution in [-0.2, 0) is 11.3 Å². The second-order valence-corrected chi connectivity index (χ2v) is 8.82. The lowest BCUT2D eigenvalue weighted by Gasteiger charge is -2.35. The minimum Gasteiger partial charge on any atom is -0.363 e. The maximum atomic E-state index is 13.3. The van der Waals surface area contributed by atoms with Crippen LogP contribution in [0.15, 0.2) is 48.5 Å². The zero-order valence-corrected chi connectivity index (χ0v) is 20.2. The third kappa shape index (κ3) is 5.21. The fraction of sp³-hybridized carbons (Fsp3) is 0.308. The number of aromatic nitrogens is 1. The number of hydrogen-bond donors (Lipinski definition) is 1. The van der Waals surface area contributed by atoms with Gasteiger partial charge in [0.15, 0.2) is 0 Å². The Morgan fingerprint density at radius 2 is 1.78 bits per heavy atom. The van der Waals surface area contributed by atoms with E-state index in [1.165, 1.54) is 18.2 Å². The summed E-state index contributed by atoms with van der Waals surface area (Å²) >= 11 is 0. The van der Waals surface area contributed by atoms with Gasteiger partial charge in [-0.05, 0) is 43.2 Å². The molecule has 0 spiro atoms. The predicted molar refractivity (Wildman–Crippen MR) is 135 cm³/mol. The Balaban J connectivity index is 1.43. The van der Waals surface area contributed by atoms with Crippen molar-refractivity contribution in [2.75, 3.05) is 42.9 Å². The topological polar surface area (TPSA) is 107 Å². The van der Waals surface area contributed by atoms with E-state index >= 15 is 0 Å². The number of nitro benzene ring substituents is 1. The average Bonchev–Trinajstić information content (AvgIpc) is 3.09. The van der Waals surface area contributed by atoms with E-state index in [0.717, 1.165) is 16.8 Å². The van der Waals surface area contributed by atoms with Gasteiger partial charge in [-0.2, -0.15) is 5.26 Å². The number of para-hydroxylation sites is 2. The smallest absolute Gasteiger partial charge is 0.292 e. The van der Waals surface area contributed by atoms with Crippen molar-refractivity contribution >= 4 is 23.1 Å². The number of amides is 1. The summed E-state index contributed by atoms with van der Waals surface area (Å²) in [6, 6.07) is 15.0. The number of nitro groups is 1. The van der Waals surface area contributed by atoms with E-state index in [2.05, 4.69) is 11.4 Å². The van der Waals surface area contributed by atoms with Gasteiger partial charge >= 0.3 is 0 Å². The standard InChI is InChI=1S/C26H27FN6O3/c1-18-19(2)32(16-20-7-9-21(27)10-8-20)26(22(18)15-28)29-25(34)17-30-11-13-31(14-12-30)23-5-3-4-6-24(23)33(35)36/h3-10H,11-14,16-17H2,1-2H3,(H,29,34). The molecule has 0 atom stereocenters. The SMILES string of the molecule is Cc1c(C#N)c(NC(=O)CN2CCN(c3ccccc3[N+](=O)[O-])CC2)n(Cc2ccc(F)cc2)c1C. The van der Waals surface area contributed by atoms with Crippen molar-refractivity contribution in [2.24, 2.45) is 0 Å². The highest BCUT2D eigenvalue weighted by Crippen LogP contribution is 2.29. The van der Waals surface area contributed by atoms with Crippen LogP contribution in [0.3, 0.4) is 0 Å². The van der Waals surface area contributed by atoms with E-state index in [1.807, 2.05) is 28.2 Å². The number of nitrogens with one attached hydrogen (secondary N) is 1. The number of piperazine rings is 1. The van der Waals surface area contributed by atoms with E-state index in [0.29, 0.717) is 49.8 Å². The van der Waals surface area contributed by atoms with Crippen molar-refractivity contribution in [3.63, 3.8) is 0 Å². The Bertz CT molecular complexity index is 1320. The summed E-state index contributed by atoms with van der Waals surface area (Å²) in [5, 5.41) is 24.0. The molecule has 2 aromatic carbocycles. The van der Waals surface area contributed by atoms with Crippen LogP contribution in [-0.4, -0.2) is 53.0 Å². The van der Waals surface area contributed by atoms with E-state index in [4.69, 9.17) is 0 Å². The molecule has 0 radical (unpaired) electrons. The number of carbonyl (C=O) groups excluding carboxylic acids is 1. The lowest BCUT2D eigenvalue weighted by Crippen LogP contribution is -2.48. The number of anilines is 2. The Kier molecular flexibility index (Phi) is 7.31. The Hall–Kier alpha value is -4.23. The molecule has 0 bridgehead atoms. The highest BCUT2D eigenvalue weighted by atomic mass is 19.1. The van der Waals surface area contributed by atoms with Crippen LogP contribution in [0.1, 0.15) is 22.4 Å². The predicted octanol–water partition coefficient (Wildman–Crippen LogP) is 3.83. The first-order valence-corrected chi connectivity index (χ1v) is 11.6. The molecule has 1 saturated heterocycles. The number of nitrogens with zero attached hydrogens (tertiary/aromatic N) is 5. The molecular formula is C26H27FN6O3. The molecule has 9 nitrogen and oxygen atoms in total. The highest BCUT2D eigenvalue weighted by molar-refractivity contribution is 5.93. The number of carbonyl (C=O) groups is 1. The lowest BCUT2D eigenvalue weighted by atomic mass is 10.2. The molecule has 0 unspecified atom stereocenters. The lowest BCUT2D eigenvalue weighted by molar-refractivity contribution is -0.384. The Morgan fingerprint density at radius 1 is 1.11 bits per heavy atom. The molecule has 1 aliphatic heterocycles. The summed E-state index contributed by atoms with van der Waals surface area (Å²) in [7, 11) is 0. The monoisotopic (exact) mass is 490 g/mol. The zero-order chi connectivity index (χ0) is 25.8. The molecule has 2 heterocycles. The number of hydrogen-bond acceptors (Lipinski definition) is 6. The number of nitriles is 1. The molecule has 1 aliphatic rings. The van der Waals surface area contributed by atoms with Crippen molar-refractivity contribution < 1.29 is 14.1 Å². The molecule has 1 N–H and O–H groups in total. The van der Waals surface area contributed by atoms with Gasteiger partial charge in [-0.1, -0.05) is 24.3 Å². The molecule has 3 aromatic rings. The van der Waals surface area contributed by atoms with Crippen molar-refractivity contribution in [2.45, 2.75) is 20.4 Å². The average molecular weight is 491 g/mol. The number of halogens is 1. The van der Waals surface area contributed by atoms with Gasteiger partial charge in [0.25, 0.3) is 5.69 Å². The van der Waals surface area contributed by atoms with Crippen LogP contribution in [0.2, 0.25) is 0 Å². The molecule has 4 rings (SSSR count). The number of rotatable bonds is 7. The summed E-state index contributed by atoms with van der Waals surface area (Å²) in [5.41, 5.74) is 3.54. The van der Waals surface area contributed by atoms with Gasteiger partial charge in [0.2, 0.25) is 5.91 Å². The quantitative estimate of drug-likeness (QED) is 0.398. The molecular weight excluding hydrogens is 463 g/mol. The zero-order valence-electron chi connectivity index (χ0n) is 20.2. The maximum absolute atomic E-state index is 13.3. The van der Waals surface area contributed by atoms with Crippen LogP contribution in [0, 0.1) is 41.1 Å². The van der Waals surface area contributed by atoms with Crippen LogP contribution in [0.25, 0.3) is 0 Å². The van der Waals surface area contributed by atoms with Crippen LogP contribution in [0.5, 0.6) is 0 Å². The molecule has 1 amide bonds. The fourth-order valence-corrected chi connectivity index (χ4v) is 4.51. The summed E-state index contributed by atoms with van der Waals surface area (Å²) in [6.45, 7) is 6.50. The summed E-state index contributed by atoms with van der Waals surface area (Å²) in [6.07, 6.45) is 0. The van der Waals surface area contributed by atoms with Crippen LogP contribution < -0.4 is 10.2 Å². The first-order chi connectivity index (χ1) is 17.3. The van der Waals surface area contributed by atoms with Gasteiger partial charge in [0.05, 0.1) is 17.0 Å². The van der Waals surface area contributed by atoms with E-state index in [9.17, 15) is 24.6 Å². The Labute approximate surface area is 208 Å². The van der Waals surface area contributed by atoms with E-state index in [1.54, 1.807) is 30.3 Å². The van der Waals surface area contributed by atoms with Gasteiger partial charge in [-0.25, -0.2) is 4.39 Å². The first kappa shape index (κ1) is 24.9. The largest absolute Gasteiger partial charge is 0.363 e. The van der Waals surface area contributed by atoms with E-state index < -0.39 is 0 Å². The molecule has 186 valence electrons. The molecule has 0 saturated carbocycles. The van der Waals surface area contributed by atoms with Gasteiger partial charge in [-0.15, -0.1) is 0 Å². The van der Waals surface area contributed by atoms with Crippen LogP contribution >= 0.6 is 0 Å². The number of benzene rings is 2. The summed E-state index contributed by atoms with van der Waals surface area (Å²) in [5.74, 6) is -0.142. The molecule has 1 fully saturated rings. The normalized spacial score (nSPS) is 13.9. The second kappa shape index (κ2) is 10.6. The molecule has 1 aromatic heterocycles. The first-order valence-electron chi connectivity index (χ1n) is 11.6. The van der Waals surface area contributed by atoms with Gasteiger partial charge < -0.3 is 14.8 Å². The van der Waals surface area contributed by atoms with Crippen molar-refractivity contribution in [1.82, 2.24) is 9.47 Å². The fourth-order valence-electron chi connectivity index (χ4n) is 4.51. The molecule has 10 heteroatoms. The third-order valence-corrected chi connectivity index (χ3v) is 6.61. The van der Waals surface area contributed by atoms with Gasteiger partial charge in [0.1, 0.15) is 23.4 Å². The van der Waals surface area contributed by atoms with Gasteiger partial charge in [-0.3, -0.25) is 19.8 Å². The van der Waals surface area contributed by atoms with Crippen molar-refractivity contribution in [3.05, 3.63) is 86.8 Å². The van der Waals surface area contributed by atoms with Crippen molar-refractivity contribution in [3.8, 4) is 6.07 Å². The molecule has 36 heavy (non-hydrogen) atoms. The van der Waals surface area contributed by atoms with Crippen LogP contribution in [0.4, 0.5) is 21.6 Å². The Morgan fingerprint density at radius 3 is 2.42 bits per heavy atom. The summed E-state index contributed by atoms with van der Waals surface area (Å²) < 4.78 is 15.2. The minimum absolute atomic E-state index is 0.0698. The van der Waals surface area contributed by atoms with E-state index in [-0.39, 0.29) is 28.9 Å². The van der Waals surface area contributed by atoms with Crippen molar-refractivity contribution in [1.29, 1.82) is 5.26 Å². The minimum atomic E-state index is -0.382.